The summed E-state index contributed by atoms with van der Waals surface area (Å²) in [6.45, 7) is 1.82. The highest BCUT2D eigenvalue weighted by atomic mass is 19.4. The van der Waals surface area contributed by atoms with Gasteiger partial charge in [0.15, 0.2) is 0 Å². The van der Waals surface area contributed by atoms with E-state index in [-0.39, 0.29) is 12.5 Å². The predicted octanol–water partition coefficient (Wildman–Crippen LogP) is 2.63. The first kappa shape index (κ1) is 13.4. The Bertz CT molecular complexity index is 409. The summed E-state index contributed by atoms with van der Waals surface area (Å²) in [6, 6.07) is 4.26. The first-order valence-electron chi connectivity index (χ1n) is 6.13. The Hall–Kier alpha value is -1.07. The molecule has 1 aliphatic heterocycles. The molecule has 1 heterocycles. The number of rotatable bonds is 2. The van der Waals surface area contributed by atoms with E-state index < -0.39 is 11.7 Å². The number of hydrogen-bond acceptors (Lipinski definition) is 2. The summed E-state index contributed by atoms with van der Waals surface area (Å²) in [5, 5.41) is 3.17. The molecule has 1 fully saturated rings. The third-order valence-electron chi connectivity index (χ3n) is 3.44. The minimum Gasteiger partial charge on any atom is -0.326 e. The molecule has 1 aromatic rings. The average molecular weight is 258 g/mol. The van der Waals surface area contributed by atoms with Gasteiger partial charge >= 0.3 is 6.18 Å². The van der Waals surface area contributed by atoms with Gasteiger partial charge in [-0.2, -0.15) is 13.2 Å². The van der Waals surface area contributed by atoms with Gasteiger partial charge in [0, 0.05) is 6.54 Å². The van der Waals surface area contributed by atoms with Gasteiger partial charge in [-0.15, -0.1) is 0 Å². The van der Waals surface area contributed by atoms with E-state index in [1.807, 2.05) is 0 Å². The fourth-order valence-corrected chi connectivity index (χ4v) is 2.47. The zero-order valence-electron chi connectivity index (χ0n) is 10.1. The second-order valence-corrected chi connectivity index (χ2v) is 4.65. The van der Waals surface area contributed by atoms with E-state index in [9.17, 15) is 13.2 Å². The van der Waals surface area contributed by atoms with Gasteiger partial charge in [-0.1, -0.05) is 12.1 Å². The summed E-state index contributed by atoms with van der Waals surface area (Å²) >= 11 is 0. The Morgan fingerprint density at radius 1 is 1.22 bits per heavy atom. The maximum absolute atomic E-state index is 13.0. The summed E-state index contributed by atoms with van der Waals surface area (Å²) < 4.78 is 39.0. The van der Waals surface area contributed by atoms with Gasteiger partial charge in [-0.25, -0.2) is 0 Å². The summed E-state index contributed by atoms with van der Waals surface area (Å²) in [7, 11) is 0. The van der Waals surface area contributed by atoms with Crippen LogP contribution in [-0.4, -0.2) is 13.1 Å². The molecule has 18 heavy (non-hydrogen) atoms. The third-order valence-corrected chi connectivity index (χ3v) is 3.44. The highest BCUT2D eigenvalue weighted by Gasteiger charge is 2.35. The smallest absolute Gasteiger partial charge is 0.326 e. The van der Waals surface area contributed by atoms with Crippen molar-refractivity contribution in [2.45, 2.75) is 31.5 Å². The molecule has 5 heteroatoms. The van der Waals surface area contributed by atoms with Crippen molar-refractivity contribution in [1.82, 2.24) is 5.32 Å². The Labute approximate surface area is 104 Å². The Kier molecular flexibility index (Phi) is 3.92. The number of nitrogens with two attached hydrogens (primary N) is 1. The molecule has 0 aliphatic carbocycles. The van der Waals surface area contributed by atoms with Crippen LogP contribution < -0.4 is 11.1 Å². The fraction of sp³-hybridized carbons (Fsp3) is 0.538. The number of alkyl halides is 3. The lowest BCUT2D eigenvalue weighted by atomic mass is 9.86. The molecule has 0 radical (unpaired) electrons. The van der Waals surface area contributed by atoms with Crippen molar-refractivity contribution in [3.8, 4) is 0 Å². The second kappa shape index (κ2) is 5.28. The summed E-state index contributed by atoms with van der Waals surface area (Å²) in [6.07, 6.45) is -2.79. The second-order valence-electron chi connectivity index (χ2n) is 4.65. The standard InChI is InChI=1S/C13H17F3N2/c14-13(15,16)12-2-1-9(8-17)7-11(12)10-3-5-18-6-4-10/h1-2,7,10,18H,3-6,8,17H2. The largest absolute Gasteiger partial charge is 0.416 e. The Morgan fingerprint density at radius 2 is 1.89 bits per heavy atom. The molecule has 2 nitrogen and oxygen atoms in total. The van der Waals surface area contributed by atoms with Gasteiger partial charge < -0.3 is 11.1 Å². The molecule has 1 aliphatic rings. The third kappa shape index (κ3) is 2.84. The Morgan fingerprint density at radius 3 is 2.44 bits per heavy atom. The van der Waals surface area contributed by atoms with Crippen LogP contribution >= 0.6 is 0 Å². The molecule has 1 saturated heterocycles. The first-order valence-corrected chi connectivity index (χ1v) is 6.13. The summed E-state index contributed by atoms with van der Waals surface area (Å²) in [5.74, 6) is -0.0191. The molecular formula is C13H17F3N2. The lowest BCUT2D eigenvalue weighted by molar-refractivity contribution is -0.138. The summed E-state index contributed by atoms with van der Waals surface area (Å²) in [5.41, 5.74) is 6.18. The van der Waals surface area contributed by atoms with Crippen LogP contribution in [0.15, 0.2) is 18.2 Å². The van der Waals surface area contributed by atoms with Crippen molar-refractivity contribution in [2.75, 3.05) is 13.1 Å². The van der Waals surface area contributed by atoms with Crippen LogP contribution in [0.1, 0.15) is 35.4 Å². The van der Waals surface area contributed by atoms with Crippen molar-refractivity contribution < 1.29 is 13.2 Å². The molecule has 2 rings (SSSR count). The molecular weight excluding hydrogens is 241 g/mol. The number of hydrogen-bond donors (Lipinski definition) is 2. The average Bonchev–Trinajstić information content (AvgIpc) is 2.38. The van der Waals surface area contributed by atoms with Gasteiger partial charge in [-0.3, -0.25) is 0 Å². The van der Waals surface area contributed by atoms with Crippen molar-refractivity contribution in [3.05, 3.63) is 34.9 Å². The quantitative estimate of drug-likeness (QED) is 0.855. The maximum Gasteiger partial charge on any atom is 0.416 e. The van der Waals surface area contributed by atoms with E-state index in [4.69, 9.17) is 5.73 Å². The minimum absolute atomic E-state index is 0.0191. The molecule has 0 spiro atoms. The Balaban J connectivity index is 2.40. The molecule has 0 aromatic heterocycles. The van der Waals surface area contributed by atoms with Crippen molar-refractivity contribution in [1.29, 1.82) is 0 Å². The first-order chi connectivity index (χ1) is 8.52. The van der Waals surface area contributed by atoms with Gasteiger partial charge in [0.2, 0.25) is 0 Å². The molecule has 0 bridgehead atoms. The van der Waals surface area contributed by atoms with E-state index in [2.05, 4.69) is 5.32 Å². The molecule has 0 atom stereocenters. The van der Waals surface area contributed by atoms with Crippen LogP contribution in [0.4, 0.5) is 13.2 Å². The monoisotopic (exact) mass is 258 g/mol. The SMILES string of the molecule is NCc1ccc(C(F)(F)F)c(C2CCNCC2)c1. The van der Waals surface area contributed by atoms with Crippen LogP contribution in [0.3, 0.4) is 0 Å². The van der Waals surface area contributed by atoms with Crippen LogP contribution in [0.5, 0.6) is 0 Å². The van der Waals surface area contributed by atoms with E-state index >= 15 is 0 Å². The lowest BCUT2D eigenvalue weighted by Crippen LogP contribution is -2.28. The summed E-state index contributed by atoms with van der Waals surface area (Å²) in [4.78, 5) is 0. The number of benzene rings is 1. The van der Waals surface area contributed by atoms with Gasteiger partial charge in [0.05, 0.1) is 5.56 Å². The molecule has 0 saturated carbocycles. The molecule has 100 valence electrons. The number of piperidine rings is 1. The van der Waals surface area contributed by atoms with E-state index in [0.29, 0.717) is 5.56 Å². The normalized spacial score (nSPS) is 18.0. The van der Waals surface area contributed by atoms with Crippen LogP contribution in [0.2, 0.25) is 0 Å². The number of nitrogens with one attached hydrogen (secondary N) is 1. The van der Waals surface area contributed by atoms with Gasteiger partial charge in [-0.05, 0) is 49.0 Å². The van der Waals surface area contributed by atoms with Crippen LogP contribution in [0.25, 0.3) is 0 Å². The molecule has 0 amide bonds. The zero-order chi connectivity index (χ0) is 13.2. The predicted molar refractivity (Wildman–Crippen MR) is 64.2 cm³/mol. The van der Waals surface area contributed by atoms with Gasteiger partial charge in [0.25, 0.3) is 0 Å². The van der Waals surface area contributed by atoms with Crippen LogP contribution in [-0.2, 0) is 12.7 Å². The van der Waals surface area contributed by atoms with E-state index in [1.165, 1.54) is 12.1 Å². The molecule has 3 N–H and O–H groups in total. The lowest BCUT2D eigenvalue weighted by Gasteiger charge is -2.26. The van der Waals surface area contributed by atoms with E-state index in [1.54, 1.807) is 6.07 Å². The maximum atomic E-state index is 13.0. The van der Waals surface area contributed by atoms with Crippen molar-refractivity contribution in [2.24, 2.45) is 5.73 Å². The minimum atomic E-state index is -4.28. The number of halogens is 3. The van der Waals surface area contributed by atoms with Gasteiger partial charge in [0.1, 0.15) is 0 Å². The zero-order valence-corrected chi connectivity index (χ0v) is 10.1. The fourth-order valence-electron chi connectivity index (χ4n) is 2.47. The van der Waals surface area contributed by atoms with E-state index in [0.717, 1.165) is 31.5 Å². The molecule has 0 unspecified atom stereocenters. The highest BCUT2D eigenvalue weighted by molar-refractivity contribution is 5.37. The van der Waals surface area contributed by atoms with Crippen LogP contribution in [0, 0.1) is 0 Å². The molecule has 1 aromatic carbocycles. The highest BCUT2D eigenvalue weighted by Crippen LogP contribution is 2.38. The van der Waals surface area contributed by atoms with Crippen molar-refractivity contribution >= 4 is 0 Å². The van der Waals surface area contributed by atoms with Crippen molar-refractivity contribution in [3.63, 3.8) is 0 Å². The topological polar surface area (TPSA) is 38.0 Å².